The van der Waals surface area contributed by atoms with Crippen molar-refractivity contribution in [3.8, 4) is 0 Å². The Morgan fingerprint density at radius 1 is 1.14 bits per heavy atom. The van der Waals surface area contributed by atoms with Crippen molar-refractivity contribution >= 4 is 15.9 Å². The maximum Gasteiger partial charge on any atom is 0.0696 e. The molecule has 0 aromatic rings. The number of rotatable bonds is 1. The van der Waals surface area contributed by atoms with Gasteiger partial charge >= 0.3 is 0 Å². The van der Waals surface area contributed by atoms with E-state index in [1.165, 1.54) is 60.8 Å². The maximum atomic E-state index is 4.34. The Balaban J connectivity index is 2.06. The second-order valence-electron chi connectivity index (χ2n) is 4.65. The molecule has 1 radical (unpaired) electrons. The Morgan fingerprint density at radius 2 is 1.79 bits per heavy atom. The normalized spacial score (nSPS) is 28.5. The molecule has 14 heavy (non-hydrogen) atoms. The van der Waals surface area contributed by atoms with E-state index in [2.05, 4.69) is 18.2 Å². The number of nitrogens with zero attached hydrogens (tertiary/aromatic N) is 1. The highest BCUT2D eigenvalue weighted by Gasteiger charge is 2.29. The molecule has 1 aliphatic heterocycles. The predicted octanol–water partition coefficient (Wildman–Crippen LogP) is 4.92. The third kappa shape index (κ3) is 2.38. The van der Waals surface area contributed by atoms with E-state index in [4.69, 9.17) is 0 Å². The fourth-order valence-electron chi connectivity index (χ4n) is 2.40. The Bertz CT molecular complexity index is 250. The summed E-state index contributed by atoms with van der Waals surface area (Å²) in [6.45, 7) is 2.45. The highest BCUT2D eigenvalue weighted by atomic mass is 31.7. The van der Waals surface area contributed by atoms with Crippen molar-refractivity contribution in [3.63, 3.8) is 0 Å². The Hall–Kier alpha value is 0.140. The summed E-state index contributed by atoms with van der Waals surface area (Å²) < 4.78 is 0. The van der Waals surface area contributed by atoms with Crippen LogP contribution in [0.15, 0.2) is 11.5 Å². The molecule has 1 heterocycles. The van der Waals surface area contributed by atoms with Crippen LogP contribution in [0.25, 0.3) is 0 Å². The summed E-state index contributed by atoms with van der Waals surface area (Å²) in [5.74, 6) is 0. The van der Waals surface area contributed by atoms with E-state index in [9.17, 15) is 0 Å². The summed E-state index contributed by atoms with van der Waals surface area (Å²) in [6, 6.07) is 0. The van der Waals surface area contributed by atoms with Crippen LogP contribution >= 0.6 is 15.9 Å². The van der Waals surface area contributed by atoms with Crippen molar-refractivity contribution < 1.29 is 0 Å². The van der Waals surface area contributed by atoms with Crippen molar-refractivity contribution in [2.45, 2.75) is 51.9 Å². The number of allylic oxidation sites excluding steroid dienone is 1. The minimum absolute atomic E-state index is 0.481. The molecule has 0 unspecified atom stereocenters. The molecule has 77 valence electrons. The van der Waals surface area contributed by atoms with Gasteiger partial charge in [0.25, 0.3) is 0 Å². The lowest BCUT2D eigenvalue weighted by atomic mass is 9.77. The third-order valence-corrected chi connectivity index (χ3v) is 5.86. The lowest BCUT2D eigenvalue weighted by molar-refractivity contribution is 0.302. The van der Waals surface area contributed by atoms with Gasteiger partial charge in [0, 0.05) is 11.5 Å². The van der Waals surface area contributed by atoms with Crippen LogP contribution in [-0.4, -0.2) is 0 Å². The molecule has 0 aromatic heterocycles. The molecule has 0 saturated heterocycles. The van der Waals surface area contributed by atoms with Crippen LogP contribution in [0.1, 0.15) is 51.9 Å². The van der Waals surface area contributed by atoms with E-state index in [1.807, 2.05) is 0 Å². The fraction of sp³-hybridized carbons (Fsp3) is 0.818. The van der Waals surface area contributed by atoms with Crippen LogP contribution in [0.5, 0.6) is 0 Å². The zero-order valence-corrected chi connectivity index (χ0v) is 10.7. The van der Waals surface area contributed by atoms with E-state index >= 15 is 0 Å². The summed E-state index contributed by atoms with van der Waals surface area (Å²) in [5.41, 5.74) is 0.481. The van der Waals surface area contributed by atoms with Gasteiger partial charge in [-0.25, -0.2) is 5.09 Å². The van der Waals surface area contributed by atoms with Gasteiger partial charge in [-0.2, -0.15) is 0 Å². The first-order valence-electron chi connectivity index (χ1n) is 5.63. The second kappa shape index (κ2) is 4.77. The molecule has 0 amide bonds. The molecular formula is C11H18NP2. The van der Waals surface area contributed by atoms with Crippen molar-refractivity contribution in [2.75, 3.05) is 0 Å². The van der Waals surface area contributed by atoms with E-state index in [0.29, 0.717) is 5.41 Å². The topological polar surface area (TPSA) is 14.1 Å². The molecule has 1 aliphatic carbocycles. The lowest BCUT2D eigenvalue weighted by Crippen LogP contribution is -2.18. The summed E-state index contributed by atoms with van der Waals surface area (Å²) in [4.78, 5) is 0. The SMILES string of the molecule is CC1(C2=C[N]P=P2)CCCCCCC1. The molecule has 0 spiro atoms. The van der Waals surface area contributed by atoms with Gasteiger partial charge in [-0.05, 0) is 26.1 Å². The molecule has 2 aliphatic rings. The van der Waals surface area contributed by atoms with Crippen LogP contribution in [0.2, 0.25) is 0 Å². The monoisotopic (exact) mass is 226 g/mol. The highest BCUT2D eigenvalue weighted by molar-refractivity contribution is 7.85. The van der Waals surface area contributed by atoms with E-state index in [0.717, 1.165) is 0 Å². The third-order valence-electron chi connectivity index (χ3n) is 3.46. The molecule has 0 N–H and O–H groups in total. The standard InChI is InChI=1S/C11H18NP2/c1-11(10-9-12-14-13-10)7-5-3-2-4-6-8-11/h9H,2-8H2,1H3. The minimum atomic E-state index is 0.481. The molecule has 2 rings (SSSR count). The number of hydrogen-bond acceptors (Lipinski definition) is 0. The molecule has 0 bridgehead atoms. The van der Waals surface area contributed by atoms with Gasteiger partial charge in [0.15, 0.2) is 0 Å². The second-order valence-corrected chi connectivity index (χ2v) is 6.88. The minimum Gasteiger partial charge on any atom is -0.230 e. The van der Waals surface area contributed by atoms with Crippen LogP contribution in [-0.2, 0) is 0 Å². The van der Waals surface area contributed by atoms with Gasteiger partial charge in [-0.3, -0.25) is 0 Å². The summed E-state index contributed by atoms with van der Waals surface area (Å²) >= 11 is 0. The number of hydrogen-bond donors (Lipinski definition) is 0. The molecule has 1 fully saturated rings. The molecule has 1 nitrogen and oxygen atoms in total. The van der Waals surface area contributed by atoms with Crippen molar-refractivity contribution in [3.05, 3.63) is 11.5 Å². The first kappa shape index (κ1) is 10.7. The first-order chi connectivity index (χ1) is 6.81. The quantitative estimate of drug-likeness (QED) is 0.563. The van der Waals surface area contributed by atoms with Crippen molar-refractivity contribution in [1.29, 1.82) is 0 Å². The molecule has 0 aromatic carbocycles. The summed E-state index contributed by atoms with van der Waals surface area (Å²) in [5, 5.41) is 5.94. The Labute approximate surface area is 90.2 Å². The van der Waals surface area contributed by atoms with Crippen molar-refractivity contribution in [1.82, 2.24) is 5.09 Å². The zero-order valence-electron chi connectivity index (χ0n) is 8.87. The van der Waals surface area contributed by atoms with Gasteiger partial charge < -0.3 is 0 Å². The van der Waals surface area contributed by atoms with Crippen molar-refractivity contribution in [2.24, 2.45) is 5.41 Å². The van der Waals surface area contributed by atoms with Crippen LogP contribution < -0.4 is 5.09 Å². The lowest BCUT2D eigenvalue weighted by Gasteiger charge is -2.31. The van der Waals surface area contributed by atoms with Crippen LogP contribution in [0.3, 0.4) is 0 Å². The molecule has 1 saturated carbocycles. The fourth-order valence-corrected chi connectivity index (χ4v) is 4.86. The van der Waals surface area contributed by atoms with E-state index < -0.39 is 0 Å². The van der Waals surface area contributed by atoms with E-state index in [1.54, 1.807) is 5.31 Å². The highest BCUT2D eigenvalue weighted by Crippen LogP contribution is 2.49. The zero-order chi connectivity index (χ0) is 9.86. The largest absolute Gasteiger partial charge is 0.230 e. The Kier molecular flexibility index (Phi) is 3.63. The Morgan fingerprint density at radius 3 is 2.36 bits per heavy atom. The predicted molar refractivity (Wildman–Crippen MR) is 64.5 cm³/mol. The van der Waals surface area contributed by atoms with Crippen LogP contribution in [0.4, 0.5) is 0 Å². The summed E-state index contributed by atoms with van der Waals surface area (Å²) in [6.07, 6.45) is 12.1. The average molecular weight is 226 g/mol. The van der Waals surface area contributed by atoms with Gasteiger partial charge in [0.1, 0.15) is 0 Å². The van der Waals surface area contributed by atoms with Gasteiger partial charge in [-0.1, -0.05) is 39.0 Å². The van der Waals surface area contributed by atoms with Gasteiger partial charge in [-0.15, -0.1) is 0 Å². The maximum absolute atomic E-state index is 4.34. The van der Waals surface area contributed by atoms with Gasteiger partial charge in [0.05, 0.1) is 8.02 Å². The molecular weight excluding hydrogens is 208 g/mol. The smallest absolute Gasteiger partial charge is 0.0696 e. The molecule has 3 heteroatoms. The average Bonchev–Trinajstić information content (AvgIpc) is 2.65. The van der Waals surface area contributed by atoms with E-state index in [-0.39, 0.29) is 0 Å². The first-order valence-corrected chi connectivity index (χ1v) is 8.07. The van der Waals surface area contributed by atoms with Crippen LogP contribution in [0, 0.1) is 5.41 Å². The summed E-state index contributed by atoms with van der Waals surface area (Å²) in [7, 11) is 2.69. The molecule has 0 atom stereocenters. The van der Waals surface area contributed by atoms with Gasteiger partial charge in [0.2, 0.25) is 0 Å².